The van der Waals surface area contributed by atoms with E-state index >= 15 is 0 Å². The summed E-state index contributed by atoms with van der Waals surface area (Å²) in [6.07, 6.45) is 3.57. The van der Waals surface area contributed by atoms with Crippen LogP contribution in [0.5, 0.6) is 0 Å². The monoisotopic (exact) mass is 388 g/mol. The molecule has 5 rings (SSSR count). The molecule has 2 heterocycles. The van der Waals surface area contributed by atoms with Gasteiger partial charge >= 0.3 is 0 Å². The number of nitrogens with two attached hydrogens (primary N) is 1. The maximum atomic E-state index is 12.8. The van der Waals surface area contributed by atoms with E-state index in [1.54, 1.807) is 10.5 Å². The summed E-state index contributed by atoms with van der Waals surface area (Å²) in [4.78, 5) is 18.4. The molecule has 0 bridgehead atoms. The second-order valence-electron chi connectivity index (χ2n) is 7.33. The Morgan fingerprint density at radius 1 is 1.11 bits per heavy atom. The molecule has 2 N–H and O–H groups in total. The highest BCUT2D eigenvalue weighted by molar-refractivity contribution is 7.15. The SMILES string of the molecule is O=c1cc(C[NH2+][C@@H]2CCCc3ccccc32)nc2scc(-c3ccccc3)n12. The number of hydrogen-bond acceptors (Lipinski definition) is 3. The fourth-order valence-electron chi connectivity index (χ4n) is 4.18. The van der Waals surface area contributed by atoms with Crippen LogP contribution in [0.25, 0.3) is 16.2 Å². The van der Waals surface area contributed by atoms with Gasteiger partial charge in [0.15, 0.2) is 4.96 Å². The minimum Gasteiger partial charge on any atom is -0.335 e. The van der Waals surface area contributed by atoms with Crippen molar-refractivity contribution in [2.75, 3.05) is 0 Å². The molecule has 0 saturated heterocycles. The Kier molecular flexibility index (Phi) is 4.55. The molecular weight excluding hydrogens is 366 g/mol. The van der Waals surface area contributed by atoms with E-state index in [0.29, 0.717) is 6.04 Å². The highest BCUT2D eigenvalue weighted by Crippen LogP contribution is 2.27. The van der Waals surface area contributed by atoms with Gasteiger partial charge in [-0.15, -0.1) is 11.3 Å². The Balaban J connectivity index is 1.42. The highest BCUT2D eigenvalue weighted by atomic mass is 32.1. The van der Waals surface area contributed by atoms with Crippen molar-refractivity contribution in [3.8, 4) is 11.3 Å². The molecule has 0 amide bonds. The van der Waals surface area contributed by atoms with Gasteiger partial charge in [0.1, 0.15) is 18.3 Å². The van der Waals surface area contributed by atoms with Crippen LogP contribution in [-0.2, 0) is 13.0 Å². The molecule has 28 heavy (non-hydrogen) atoms. The molecule has 2 aromatic heterocycles. The van der Waals surface area contributed by atoms with Crippen LogP contribution >= 0.6 is 11.3 Å². The van der Waals surface area contributed by atoms with Crippen LogP contribution in [0.4, 0.5) is 0 Å². The van der Waals surface area contributed by atoms with E-state index in [1.807, 2.05) is 35.7 Å². The van der Waals surface area contributed by atoms with Gasteiger partial charge < -0.3 is 5.32 Å². The zero-order chi connectivity index (χ0) is 18.9. The lowest BCUT2D eigenvalue weighted by atomic mass is 9.88. The van der Waals surface area contributed by atoms with Crippen molar-refractivity contribution in [1.29, 1.82) is 0 Å². The molecule has 0 unspecified atom stereocenters. The number of hydrogen-bond donors (Lipinski definition) is 1. The molecule has 0 radical (unpaired) electrons. The Hall–Kier alpha value is -2.76. The van der Waals surface area contributed by atoms with Crippen molar-refractivity contribution in [1.82, 2.24) is 9.38 Å². The lowest BCUT2D eigenvalue weighted by Crippen LogP contribution is -2.84. The number of thiazole rings is 1. The predicted octanol–water partition coefficient (Wildman–Crippen LogP) is 3.56. The minimum atomic E-state index is -0.00227. The summed E-state index contributed by atoms with van der Waals surface area (Å²) < 4.78 is 1.72. The summed E-state index contributed by atoms with van der Waals surface area (Å²) in [5, 5.41) is 4.35. The fourth-order valence-corrected chi connectivity index (χ4v) is 5.10. The average molecular weight is 389 g/mol. The molecule has 0 aliphatic heterocycles. The molecule has 1 aliphatic rings. The first-order chi connectivity index (χ1) is 13.8. The Labute approximate surface area is 167 Å². The van der Waals surface area contributed by atoms with Gasteiger partial charge in [0, 0.05) is 23.4 Å². The molecule has 0 saturated carbocycles. The normalized spacial score (nSPS) is 16.2. The Bertz CT molecular complexity index is 1180. The van der Waals surface area contributed by atoms with Gasteiger partial charge in [-0.25, -0.2) is 4.98 Å². The molecule has 140 valence electrons. The Morgan fingerprint density at radius 2 is 1.93 bits per heavy atom. The number of aromatic nitrogens is 2. The van der Waals surface area contributed by atoms with Gasteiger partial charge in [-0.05, 0) is 24.0 Å². The molecule has 2 aromatic carbocycles. The summed E-state index contributed by atoms with van der Waals surface area (Å²) in [5.74, 6) is 0. The first-order valence-electron chi connectivity index (χ1n) is 9.76. The maximum absolute atomic E-state index is 12.8. The number of quaternary nitrogens is 1. The van der Waals surface area contributed by atoms with Crippen molar-refractivity contribution in [2.24, 2.45) is 0 Å². The van der Waals surface area contributed by atoms with Gasteiger partial charge in [-0.3, -0.25) is 9.20 Å². The number of fused-ring (bicyclic) bond motifs is 2. The van der Waals surface area contributed by atoms with E-state index in [-0.39, 0.29) is 5.56 Å². The summed E-state index contributed by atoms with van der Waals surface area (Å²) in [6.45, 7) is 0.726. The predicted molar refractivity (Wildman–Crippen MR) is 113 cm³/mol. The first-order valence-corrected chi connectivity index (χ1v) is 10.6. The third kappa shape index (κ3) is 3.17. The zero-order valence-electron chi connectivity index (χ0n) is 15.5. The average Bonchev–Trinajstić information content (AvgIpc) is 3.17. The van der Waals surface area contributed by atoms with Gasteiger partial charge in [-0.1, -0.05) is 54.6 Å². The summed E-state index contributed by atoms with van der Waals surface area (Å²) in [7, 11) is 0. The van der Waals surface area contributed by atoms with Gasteiger partial charge in [0.05, 0.1) is 5.69 Å². The van der Waals surface area contributed by atoms with E-state index in [4.69, 9.17) is 4.98 Å². The molecule has 1 atom stereocenters. The summed E-state index contributed by atoms with van der Waals surface area (Å²) >= 11 is 1.53. The number of rotatable bonds is 4. The summed E-state index contributed by atoms with van der Waals surface area (Å²) in [5.41, 5.74) is 5.70. The number of benzene rings is 2. The standard InChI is InChI=1S/C23H21N3OS/c27-22-13-18(14-24-20-12-6-10-16-7-4-5-11-19(16)20)25-23-26(22)21(15-28-23)17-8-2-1-3-9-17/h1-5,7-9,11,13,15,20,24H,6,10,12,14H2/p+1/t20-/m1/s1. The van der Waals surface area contributed by atoms with Crippen LogP contribution in [0.3, 0.4) is 0 Å². The van der Waals surface area contributed by atoms with Gasteiger partial charge in [0.2, 0.25) is 0 Å². The van der Waals surface area contributed by atoms with E-state index in [2.05, 4.69) is 29.6 Å². The van der Waals surface area contributed by atoms with Crippen molar-refractivity contribution in [3.63, 3.8) is 0 Å². The second-order valence-corrected chi connectivity index (χ2v) is 8.16. The van der Waals surface area contributed by atoms with Crippen molar-refractivity contribution < 1.29 is 5.32 Å². The van der Waals surface area contributed by atoms with Crippen molar-refractivity contribution >= 4 is 16.3 Å². The van der Waals surface area contributed by atoms with Crippen LogP contribution in [-0.4, -0.2) is 9.38 Å². The van der Waals surface area contributed by atoms with E-state index < -0.39 is 0 Å². The summed E-state index contributed by atoms with van der Waals surface area (Å²) in [6, 6.07) is 20.9. The van der Waals surface area contributed by atoms with Crippen LogP contribution in [0.1, 0.15) is 35.7 Å². The van der Waals surface area contributed by atoms with Crippen LogP contribution in [0.15, 0.2) is 70.8 Å². The number of aryl methyl sites for hydroxylation is 1. The molecule has 0 spiro atoms. The first kappa shape index (κ1) is 17.3. The highest BCUT2D eigenvalue weighted by Gasteiger charge is 2.22. The topological polar surface area (TPSA) is 51.0 Å². The molecule has 5 heteroatoms. The van der Waals surface area contributed by atoms with Crippen molar-refractivity contribution in [2.45, 2.75) is 31.8 Å². The Morgan fingerprint density at radius 3 is 2.82 bits per heavy atom. The van der Waals surface area contributed by atoms with E-state index in [0.717, 1.165) is 28.5 Å². The third-order valence-electron chi connectivity index (χ3n) is 5.55. The largest absolute Gasteiger partial charge is 0.335 e. The third-order valence-corrected chi connectivity index (χ3v) is 6.38. The molecule has 4 nitrogen and oxygen atoms in total. The van der Waals surface area contributed by atoms with Crippen LogP contribution in [0.2, 0.25) is 0 Å². The second kappa shape index (κ2) is 7.34. The zero-order valence-corrected chi connectivity index (χ0v) is 16.4. The van der Waals surface area contributed by atoms with E-state index in [9.17, 15) is 4.79 Å². The quantitative estimate of drug-likeness (QED) is 0.581. The van der Waals surface area contributed by atoms with Crippen LogP contribution in [0, 0.1) is 0 Å². The minimum absolute atomic E-state index is 0.00227. The lowest BCUT2D eigenvalue weighted by Gasteiger charge is -2.23. The van der Waals surface area contributed by atoms with E-state index in [1.165, 1.54) is 41.7 Å². The maximum Gasteiger partial charge on any atom is 0.259 e. The molecule has 4 aromatic rings. The number of nitrogens with zero attached hydrogens (tertiary/aromatic N) is 2. The molecular formula is C23H22N3OS+. The van der Waals surface area contributed by atoms with Gasteiger partial charge in [0.25, 0.3) is 5.56 Å². The lowest BCUT2D eigenvalue weighted by molar-refractivity contribution is -0.712. The molecule has 1 aliphatic carbocycles. The smallest absolute Gasteiger partial charge is 0.259 e. The fraction of sp³-hybridized carbons (Fsp3) is 0.217. The van der Waals surface area contributed by atoms with Crippen molar-refractivity contribution in [3.05, 3.63) is 93.2 Å². The molecule has 0 fully saturated rings. The van der Waals surface area contributed by atoms with Gasteiger partial charge in [-0.2, -0.15) is 0 Å². The van der Waals surface area contributed by atoms with Crippen LogP contribution < -0.4 is 10.9 Å².